The number of non-ortho nitro benzene ring substituents is 1. The van der Waals surface area contributed by atoms with Crippen molar-refractivity contribution >= 4 is 23.1 Å². The molecule has 0 N–H and O–H groups in total. The number of para-hydroxylation sites is 1. The van der Waals surface area contributed by atoms with E-state index in [9.17, 15) is 29.8 Å². The van der Waals surface area contributed by atoms with Gasteiger partial charge in [0.1, 0.15) is 0 Å². The second kappa shape index (κ2) is 19.8. The lowest BCUT2D eigenvalue weighted by Crippen LogP contribution is -2.04. The average Bonchev–Trinajstić information content (AvgIpc) is 4.09. The van der Waals surface area contributed by atoms with E-state index in [1.807, 2.05) is 36.4 Å². The summed E-state index contributed by atoms with van der Waals surface area (Å²) in [5, 5.41) is 66.6. The summed E-state index contributed by atoms with van der Waals surface area (Å²) in [5.41, 5.74) is 6.64. The molecule has 0 saturated heterocycles. The molecule has 0 aliphatic carbocycles. The van der Waals surface area contributed by atoms with Crippen LogP contribution in [-0.4, -0.2) is 28.2 Å². The van der Waals surface area contributed by atoms with E-state index < -0.39 is 9.85 Å². The summed E-state index contributed by atoms with van der Waals surface area (Å²) in [4.78, 5) is 42.1. The molecule has 5 heterocycles. The Labute approximate surface area is 346 Å². The van der Waals surface area contributed by atoms with Gasteiger partial charge in [0, 0.05) is 46.0 Å². The van der Waals surface area contributed by atoms with E-state index in [4.69, 9.17) is 10.00 Å². The molecule has 20 heteroatoms. The van der Waals surface area contributed by atoms with Gasteiger partial charge in [-0.05, 0) is 44.2 Å². The lowest BCUT2D eigenvalue weighted by Gasteiger charge is -2.01. The number of rotatable bonds is 10. The fraction of sp³-hybridized carbons (Fsp3) is 0.195. The van der Waals surface area contributed by atoms with Crippen LogP contribution in [0, 0.1) is 31.6 Å². The number of esters is 1. The quantitative estimate of drug-likeness (QED) is 0.0428. The number of nitro groups is 2. The number of nitriles is 1. The van der Waals surface area contributed by atoms with E-state index in [0.717, 1.165) is 27.8 Å². The summed E-state index contributed by atoms with van der Waals surface area (Å²) >= 11 is 0. The van der Waals surface area contributed by atoms with E-state index >= 15 is 0 Å². The predicted molar refractivity (Wildman–Crippen MR) is 214 cm³/mol. The molecule has 20 nitrogen and oxygen atoms in total. The first kappa shape index (κ1) is 42.1. The molecule has 5 aromatic carbocycles. The maximum atomic E-state index is 11.3. The van der Waals surface area contributed by atoms with Crippen LogP contribution in [-0.2, 0) is 4.74 Å². The third-order valence-corrected chi connectivity index (χ3v) is 8.62. The van der Waals surface area contributed by atoms with Crippen molar-refractivity contribution in [2.24, 2.45) is 51.1 Å². The van der Waals surface area contributed by atoms with Crippen molar-refractivity contribution in [3.05, 3.63) is 186 Å². The fourth-order valence-corrected chi connectivity index (χ4v) is 5.12. The first-order valence-electron chi connectivity index (χ1n) is 18.4. The molecule has 0 saturated carbocycles. The molecule has 0 bridgehead atoms. The molecule has 0 amide bonds. The lowest BCUT2D eigenvalue weighted by molar-refractivity contribution is -0.385. The van der Waals surface area contributed by atoms with Crippen molar-refractivity contribution in [1.29, 1.82) is 5.26 Å². The molecule has 0 unspecified atom stereocenters. The van der Waals surface area contributed by atoms with Crippen LogP contribution < -0.4 is 0 Å². The molecule has 5 aromatic rings. The Morgan fingerprint density at radius 3 is 1.48 bits per heavy atom. The van der Waals surface area contributed by atoms with Gasteiger partial charge in [0.05, 0.1) is 39.2 Å². The smallest absolute Gasteiger partial charge is 0.338 e. The van der Waals surface area contributed by atoms with Gasteiger partial charge in [0.2, 0.25) is 30.8 Å². The van der Waals surface area contributed by atoms with Crippen LogP contribution in [0.4, 0.5) is 11.4 Å². The minimum atomic E-state index is -0.425. The number of carbonyl (C=O) groups is 2. The second-order valence-corrected chi connectivity index (χ2v) is 12.9. The number of nitro benzene ring substituents is 2. The van der Waals surface area contributed by atoms with Crippen LogP contribution in [0.15, 0.2) is 172 Å². The van der Waals surface area contributed by atoms with Gasteiger partial charge in [0.15, 0.2) is 5.78 Å². The van der Waals surface area contributed by atoms with Crippen molar-refractivity contribution in [1.82, 2.24) is 0 Å². The molecule has 10 rings (SSSR count). The highest BCUT2D eigenvalue weighted by molar-refractivity contribution is 5.94. The molecular formula is C41H33N13O7. The maximum absolute atomic E-state index is 11.3. The van der Waals surface area contributed by atoms with E-state index in [0.29, 0.717) is 23.3 Å². The second-order valence-electron chi connectivity index (χ2n) is 12.9. The number of benzene rings is 5. The van der Waals surface area contributed by atoms with Crippen molar-refractivity contribution in [2.75, 3.05) is 6.61 Å². The zero-order chi connectivity index (χ0) is 43.3. The Morgan fingerprint density at radius 1 is 0.590 bits per heavy atom. The highest BCUT2D eigenvalue weighted by Crippen LogP contribution is 2.36. The molecule has 5 aliphatic rings. The summed E-state index contributed by atoms with van der Waals surface area (Å²) in [6.45, 7) is 3.74. The van der Waals surface area contributed by atoms with Crippen LogP contribution in [0.5, 0.6) is 0 Å². The first-order chi connectivity index (χ1) is 29.5. The average molecular weight is 830 g/mol. The zero-order valence-electron chi connectivity index (χ0n) is 32.3. The third kappa shape index (κ3) is 13.0. The minimum Gasteiger partial charge on any atom is -0.462 e. The Morgan fingerprint density at radius 2 is 1.05 bits per heavy atom. The Bertz CT molecular complexity index is 2580. The summed E-state index contributed by atoms with van der Waals surface area (Å²) in [6, 6.07) is 36.8. The van der Waals surface area contributed by atoms with Crippen LogP contribution in [0.2, 0.25) is 0 Å². The molecule has 0 atom stereocenters. The fourth-order valence-electron chi connectivity index (χ4n) is 5.12. The maximum Gasteiger partial charge on any atom is 0.338 e. The molecule has 0 aromatic heterocycles. The summed E-state index contributed by atoms with van der Waals surface area (Å²) < 4.78 is 4.86. The van der Waals surface area contributed by atoms with Crippen LogP contribution >= 0.6 is 0 Å². The van der Waals surface area contributed by atoms with Gasteiger partial charge in [-0.15, -0.1) is 0 Å². The van der Waals surface area contributed by atoms with Crippen molar-refractivity contribution in [3.8, 4) is 6.07 Å². The van der Waals surface area contributed by atoms with Crippen LogP contribution in [0.3, 0.4) is 0 Å². The molecule has 0 radical (unpaired) electrons. The highest BCUT2D eigenvalue weighted by atomic mass is 16.6. The minimum absolute atomic E-state index is 0.00811. The zero-order valence-corrected chi connectivity index (χ0v) is 32.3. The van der Waals surface area contributed by atoms with Gasteiger partial charge >= 0.3 is 5.97 Å². The van der Waals surface area contributed by atoms with Crippen LogP contribution in [0.25, 0.3) is 0 Å². The van der Waals surface area contributed by atoms with Gasteiger partial charge in [0.25, 0.3) is 11.4 Å². The van der Waals surface area contributed by atoms with Crippen LogP contribution in [0.1, 0.15) is 98.8 Å². The Balaban J connectivity index is 0.000000128. The number of carbonyl (C=O) groups excluding carboxylic acids is 2. The molecule has 61 heavy (non-hydrogen) atoms. The van der Waals surface area contributed by atoms with Crippen molar-refractivity contribution in [2.45, 2.75) is 44.7 Å². The van der Waals surface area contributed by atoms with E-state index in [-0.39, 0.29) is 54.0 Å². The van der Waals surface area contributed by atoms with Gasteiger partial charge < -0.3 is 4.74 Å². The Kier molecular flexibility index (Phi) is 13.7. The molecule has 5 aliphatic heterocycles. The number of ketones is 1. The van der Waals surface area contributed by atoms with Crippen molar-refractivity contribution < 1.29 is 24.2 Å². The normalized spacial score (nSPS) is 14.5. The number of ether oxygens (including phenoxy) is 1. The summed E-state index contributed by atoms with van der Waals surface area (Å²) in [6.07, 6.45) is -0.392. The molecule has 0 spiro atoms. The predicted octanol–water partition coefficient (Wildman–Crippen LogP) is 10.8. The topological polar surface area (TPSA) is 277 Å². The van der Waals surface area contributed by atoms with Gasteiger partial charge in [-0.2, -0.15) is 56.4 Å². The van der Waals surface area contributed by atoms with Crippen molar-refractivity contribution in [3.63, 3.8) is 0 Å². The summed E-state index contributed by atoms with van der Waals surface area (Å²) in [5.74, 6) is -0.199. The number of hydrogen-bond acceptors (Lipinski definition) is 18. The third-order valence-electron chi connectivity index (χ3n) is 8.62. The molecule has 304 valence electrons. The SMILES string of the molecule is CC(=O)c1ccc(C2[15N]=[15N]2)cc1.CCOC(=O)c1ccc(C2[15N]=[15N]2)cc1.N#Cc1ccc(C2[15N]=[15N]2)cc1.O=[N+]([O-])c1cccc(C2[15N]=[15N]2)c1.O=[N+]([O-])c1ccccc1C1[15N]=[15N]1. The molecule has 0 fully saturated rings. The number of Topliss-reactive ketones (excluding diaryl/α,β-unsaturated/α-hetero) is 1. The highest BCUT2D eigenvalue weighted by Gasteiger charge is 2.27. The van der Waals surface area contributed by atoms with Gasteiger partial charge in [-0.3, -0.25) is 25.0 Å². The summed E-state index contributed by atoms with van der Waals surface area (Å²) in [7, 11) is 0. The molecular weight excluding hydrogens is 796 g/mol. The standard InChI is InChI=1S/C10H10N2O2.C9H8N2O.C8H5N3.2C7H5N3O2/c1-2-14-10(13)8-5-3-7(4-6-8)9-11-12-9;1-6(12)7-2-4-8(5-3-7)9-10-11-9;9-5-6-1-3-7(4-2-6)8-10-11-8;11-10(12)6-3-1-2-5(4-6)7-8-9-7;11-10(12)6-4-2-1-3-5(6)7-8-9-7/h3-6,9H,2H2,1H3;2-5,9H,1H3;1-4,8H;2*1-4,7H/i11+1,12+1;2*10+1,11+1;2*8+1,9+1. The van der Waals surface area contributed by atoms with E-state index in [1.54, 1.807) is 80.6 Å². The van der Waals surface area contributed by atoms with E-state index in [1.165, 1.54) is 18.2 Å². The van der Waals surface area contributed by atoms with Gasteiger partial charge in [-0.1, -0.05) is 72.8 Å². The first-order valence-corrected chi connectivity index (χ1v) is 18.4. The Hall–Kier alpha value is -8.47. The largest absolute Gasteiger partial charge is 0.462 e. The van der Waals surface area contributed by atoms with E-state index in [2.05, 4.69) is 57.2 Å². The number of hydrogen-bond donors (Lipinski definition) is 0. The number of nitrogens with zero attached hydrogens (tertiary/aromatic N) is 13. The van der Waals surface area contributed by atoms with Gasteiger partial charge in [-0.25, -0.2) is 4.79 Å². The lowest BCUT2D eigenvalue weighted by atomic mass is 10.1. The monoisotopic (exact) mass is 829 g/mol.